The van der Waals surface area contributed by atoms with Gasteiger partial charge in [0, 0.05) is 16.1 Å². The van der Waals surface area contributed by atoms with E-state index in [9.17, 15) is 0 Å². The third-order valence-corrected chi connectivity index (χ3v) is 3.21. The molecule has 3 N–H and O–H groups in total. The van der Waals surface area contributed by atoms with E-state index >= 15 is 0 Å². The summed E-state index contributed by atoms with van der Waals surface area (Å²) in [5.74, 6) is 5.55. The van der Waals surface area contributed by atoms with Gasteiger partial charge >= 0.3 is 0 Å². The highest BCUT2D eigenvalue weighted by Gasteiger charge is 2.13. The van der Waals surface area contributed by atoms with Gasteiger partial charge in [0.25, 0.3) is 0 Å². The van der Waals surface area contributed by atoms with Crippen molar-refractivity contribution in [2.24, 2.45) is 5.84 Å². The molecule has 0 aliphatic carbocycles. The van der Waals surface area contributed by atoms with E-state index in [4.69, 9.17) is 29.0 Å². The summed E-state index contributed by atoms with van der Waals surface area (Å²) in [5.41, 5.74) is 3.78. The number of unbranched alkanes of at least 4 members (excludes halogenated alkanes) is 2. The summed E-state index contributed by atoms with van der Waals surface area (Å²) in [7, 11) is 0. The molecule has 0 spiro atoms. The second kappa shape index (κ2) is 7.13. The predicted molar refractivity (Wildman–Crippen MR) is 70.7 cm³/mol. The molecule has 2 nitrogen and oxygen atoms in total. The van der Waals surface area contributed by atoms with E-state index in [0.717, 1.165) is 18.4 Å². The summed E-state index contributed by atoms with van der Waals surface area (Å²) in [6.45, 7) is 2.18. The molecule has 0 aromatic heterocycles. The largest absolute Gasteiger partial charge is 0.271 e. The third-order valence-electron chi connectivity index (χ3n) is 2.63. The van der Waals surface area contributed by atoms with Crippen LogP contribution in [0.25, 0.3) is 0 Å². The third kappa shape index (κ3) is 3.95. The van der Waals surface area contributed by atoms with Crippen LogP contribution in [-0.4, -0.2) is 0 Å². The zero-order chi connectivity index (χ0) is 12.0. The molecular formula is C12H18Cl2N2. The summed E-state index contributed by atoms with van der Waals surface area (Å²) >= 11 is 12.1. The number of benzene rings is 1. The van der Waals surface area contributed by atoms with Crippen molar-refractivity contribution >= 4 is 23.2 Å². The molecule has 0 fully saturated rings. The minimum atomic E-state index is 0.0812. The van der Waals surface area contributed by atoms with Crippen molar-refractivity contribution in [3.05, 3.63) is 33.8 Å². The molecule has 1 rings (SSSR count). The fourth-order valence-electron chi connectivity index (χ4n) is 1.71. The Labute approximate surface area is 107 Å². The van der Waals surface area contributed by atoms with Crippen molar-refractivity contribution < 1.29 is 0 Å². The van der Waals surface area contributed by atoms with E-state index in [-0.39, 0.29) is 6.04 Å². The fraction of sp³-hybridized carbons (Fsp3) is 0.500. The highest BCUT2D eigenvalue weighted by atomic mass is 35.5. The molecule has 0 saturated carbocycles. The Bertz CT molecular complexity index is 329. The topological polar surface area (TPSA) is 38.0 Å². The van der Waals surface area contributed by atoms with Gasteiger partial charge in [0.1, 0.15) is 0 Å². The van der Waals surface area contributed by atoms with Gasteiger partial charge in [-0.1, -0.05) is 49.4 Å². The lowest BCUT2D eigenvalue weighted by molar-refractivity contribution is 0.487. The van der Waals surface area contributed by atoms with Crippen LogP contribution in [0.5, 0.6) is 0 Å². The van der Waals surface area contributed by atoms with E-state index in [1.54, 1.807) is 6.07 Å². The van der Waals surface area contributed by atoms with Crippen LogP contribution in [0.1, 0.15) is 44.2 Å². The SMILES string of the molecule is CCCCCC(NN)c1cc(Cl)ccc1Cl. The highest BCUT2D eigenvalue weighted by Crippen LogP contribution is 2.28. The molecule has 1 aromatic carbocycles. The van der Waals surface area contributed by atoms with Crippen LogP contribution in [-0.2, 0) is 0 Å². The second-order valence-electron chi connectivity index (χ2n) is 3.88. The van der Waals surface area contributed by atoms with E-state index < -0.39 is 0 Å². The van der Waals surface area contributed by atoms with Gasteiger partial charge < -0.3 is 0 Å². The van der Waals surface area contributed by atoms with Crippen LogP contribution >= 0.6 is 23.2 Å². The molecule has 1 aromatic rings. The summed E-state index contributed by atoms with van der Waals surface area (Å²) in [4.78, 5) is 0. The Balaban J connectivity index is 2.73. The maximum absolute atomic E-state index is 6.13. The first-order valence-corrected chi connectivity index (χ1v) is 6.35. The quantitative estimate of drug-likeness (QED) is 0.460. The molecule has 0 amide bonds. The Morgan fingerprint density at radius 2 is 2.06 bits per heavy atom. The lowest BCUT2D eigenvalue weighted by atomic mass is 10.0. The zero-order valence-corrected chi connectivity index (χ0v) is 11.0. The van der Waals surface area contributed by atoms with Crippen molar-refractivity contribution in [1.29, 1.82) is 0 Å². The molecule has 16 heavy (non-hydrogen) atoms. The van der Waals surface area contributed by atoms with Gasteiger partial charge in [-0.3, -0.25) is 11.3 Å². The molecular weight excluding hydrogens is 243 g/mol. The zero-order valence-electron chi connectivity index (χ0n) is 9.47. The number of nitrogens with two attached hydrogens (primary N) is 1. The average Bonchev–Trinajstić information content (AvgIpc) is 2.28. The molecule has 0 saturated heterocycles. The maximum Gasteiger partial charge on any atom is 0.0475 e. The van der Waals surface area contributed by atoms with Crippen LogP contribution < -0.4 is 11.3 Å². The number of hydrogen-bond donors (Lipinski definition) is 2. The molecule has 90 valence electrons. The smallest absolute Gasteiger partial charge is 0.0475 e. The Kier molecular flexibility index (Phi) is 6.14. The Morgan fingerprint density at radius 3 is 2.69 bits per heavy atom. The molecule has 0 bridgehead atoms. The predicted octanol–water partition coefficient (Wildman–Crippen LogP) is 4.08. The number of hydrogen-bond acceptors (Lipinski definition) is 2. The van der Waals surface area contributed by atoms with E-state index in [1.165, 1.54) is 12.8 Å². The lowest BCUT2D eigenvalue weighted by Gasteiger charge is -2.17. The van der Waals surface area contributed by atoms with Crippen LogP contribution in [0.3, 0.4) is 0 Å². The van der Waals surface area contributed by atoms with Gasteiger partial charge in [-0.25, -0.2) is 0 Å². The first-order chi connectivity index (χ1) is 7.69. The van der Waals surface area contributed by atoms with Crippen molar-refractivity contribution in [2.45, 2.75) is 38.6 Å². The number of halogens is 2. The summed E-state index contributed by atoms with van der Waals surface area (Å²) in [6, 6.07) is 5.55. The summed E-state index contributed by atoms with van der Waals surface area (Å²) in [6.07, 6.45) is 4.51. The monoisotopic (exact) mass is 260 g/mol. The molecule has 0 aliphatic heterocycles. The average molecular weight is 261 g/mol. The molecule has 4 heteroatoms. The molecule has 0 aliphatic rings. The number of rotatable bonds is 6. The molecule has 1 unspecified atom stereocenters. The van der Waals surface area contributed by atoms with Crippen molar-refractivity contribution in [3.63, 3.8) is 0 Å². The van der Waals surface area contributed by atoms with Gasteiger partial charge in [-0.15, -0.1) is 0 Å². The summed E-state index contributed by atoms with van der Waals surface area (Å²) in [5, 5.41) is 1.40. The van der Waals surface area contributed by atoms with Crippen molar-refractivity contribution in [1.82, 2.24) is 5.43 Å². The van der Waals surface area contributed by atoms with Gasteiger partial charge in [0.2, 0.25) is 0 Å². The Morgan fingerprint density at radius 1 is 1.31 bits per heavy atom. The van der Waals surface area contributed by atoms with Crippen LogP contribution in [0, 0.1) is 0 Å². The summed E-state index contributed by atoms with van der Waals surface area (Å²) < 4.78 is 0. The fourth-order valence-corrected chi connectivity index (χ4v) is 2.14. The van der Waals surface area contributed by atoms with Crippen molar-refractivity contribution in [3.8, 4) is 0 Å². The van der Waals surface area contributed by atoms with E-state index in [0.29, 0.717) is 10.0 Å². The van der Waals surface area contributed by atoms with Crippen LogP contribution in [0.15, 0.2) is 18.2 Å². The van der Waals surface area contributed by atoms with Crippen LogP contribution in [0.4, 0.5) is 0 Å². The van der Waals surface area contributed by atoms with Gasteiger partial charge in [0.15, 0.2) is 0 Å². The standard InChI is InChI=1S/C12H18Cl2N2/c1-2-3-4-5-12(16-15)10-8-9(13)6-7-11(10)14/h6-8,12,16H,2-5,15H2,1H3. The minimum Gasteiger partial charge on any atom is -0.271 e. The molecule has 0 radical (unpaired) electrons. The lowest BCUT2D eigenvalue weighted by Crippen LogP contribution is -2.28. The van der Waals surface area contributed by atoms with E-state index in [2.05, 4.69) is 12.3 Å². The minimum absolute atomic E-state index is 0.0812. The van der Waals surface area contributed by atoms with Gasteiger partial charge in [-0.2, -0.15) is 0 Å². The normalized spacial score (nSPS) is 12.8. The highest BCUT2D eigenvalue weighted by molar-refractivity contribution is 6.33. The first kappa shape index (κ1) is 13.8. The number of hydrazine groups is 1. The van der Waals surface area contributed by atoms with Gasteiger partial charge in [-0.05, 0) is 30.2 Å². The molecule has 1 atom stereocenters. The maximum atomic E-state index is 6.13. The second-order valence-corrected chi connectivity index (χ2v) is 4.72. The van der Waals surface area contributed by atoms with Gasteiger partial charge in [0.05, 0.1) is 0 Å². The van der Waals surface area contributed by atoms with Crippen molar-refractivity contribution in [2.75, 3.05) is 0 Å². The van der Waals surface area contributed by atoms with E-state index in [1.807, 2.05) is 12.1 Å². The Hall–Kier alpha value is -0.280. The van der Waals surface area contributed by atoms with Crippen LogP contribution in [0.2, 0.25) is 10.0 Å². The first-order valence-electron chi connectivity index (χ1n) is 5.60. The molecule has 0 heterocycles. The number of nitrogens with one attached hydrogen (secondary N) is 1.